The molecule has 0 aliphatic carbocycles. The summed E-state index contributed by atoms with van der Waals surface area (Å²) < 4.78 is 0. The molecule has 0 aliphatic heterocycles. The van der Waals surface area contributed by atoms with Gasteiger partial charge in [0.15, 0.2) is 0 Å². The molecule has 2 aromatic carbocycles. The number of carboxylic acids is 1. The van der Waals surface area contributed by atoms with Gasteiger partial charge in [-0.3, -0.25) is 9.59 Å². The minimum atomic E-state index is -1.07. The van der Waals surface area contributed by atoms with Gasteiger partial charge in [-0.2, -0.15) is 0 Å². The Labute approximate surface area is 127 Å². The van der Waals surface area contributed by atoms with Gasteiger partial charge in [-0.25, -0.2) is 4.79 Å². The minimum absolute atomic E-state index is 0.0902. The van der Waals surface area contributed by atoms with Gasteiger partial charge in [-0.1, -0.05) is 54.6 Å². The molecule has 0 aromatic heterocycles. The lowest BCUT2D eigenvalue weighted by molar-refractivity contribution is -0.132. The van der Waals surface area contributed by atoms with Crippen LogP contribution in [0.4, 0.5) is 0 Å². The fraction of sp³-hybridized carbons (Fsp3) is 0.0556. The van der Waals surface area contributed by atoms with Crippen molar-refractivity contribution in [3.05, 3.63) is 76.9 Å². The first-order valence-corrected chi connectivity index (χ1v) is 6.65. The van der Waals surface area contributed by atoms with Gasteiger partial charge in [0.25, 0.3) is 0 Å². The molecule has 2 rings (SSSR count). The van der Waals surface area contributed by atoms with Crippen LogP contribution in [0, 0.1) is 0 Å². The zero-order valence-corrected chi connectivity index (χ0v) is 11.9. The first-order valence-electron chi connectivity index (χ1n) is 6.65. The quantitative estimate of drug-likeness (QED) is 0.522. The number of Topliss-reactive ketones (excluding diaryl/α,β-unsaturated/α-hetero) is 2. The van der Waals surface area contributed by atoms with Gasteiger partial charge in [0.05, 0.1) is 0 Å². The highest BCUT2D eigenvalue weighted by Gasteiger charge is 2.20. The van der Waals surface area contributed by atoms with Crippen molar-refractivity contribution in [2.75, 3.05) is 0 Å². The van der Waals surface area contributed by atoms with E-state index in [1.54, 1.807) is 48.5 Å². The van der Waals surface area contributed by atoms with Crippen LogP contribution in [0.15, 0.2) is 60.2 Å². The number of benzene rings is 2. The van der Waals surface area contributed by atoms with Gasteiger partial charge >= 0.3 is 5.97 Å². The molecule has 110 valence electrons. The summed E-state index contributed by atoms with van der Waals surface area (Å²) in [6, 6.07) is 14.7. The largest absolute Gasteiger partial charge is 0.478 e. The van der Waals surface area contributed by atoms with E-state index in [1.165, 1.54) is 19.1 Å². The number of hydrogen-bond donors (Lipinski definition) is 1. The van der Waals surface area contributed by atoms with Gasteiger partial charge < -0.3 is 5.11 Å². The number of hydrogen-bond acceptors (Lipinski definition) is 3. The van der Waals surface area contributed by atoms with Crippen molar-refractivity contribution in [1.29, 1.82) is 0 Å². The second-order valence-electron chi connectivity index (χ2n) is 4.74. The number of aliphatic carboxylic acids is 1. The van der Waals surface area contributed by atoms with Crippen LogP contribution in [0.3, 0.4) is 0 Å². The van der Waals surface area contributed by atoms with Gasteiger partial charge in [0.2, 0.25) is 11.6 Å². The molecule has 0 fully saturated rings. The molecule has 0 bridgehead atoms. The summed E-state index contributed by atoms with van der Waals surface area (Å²) in [6.07, 6.45) is 1.38. The van der Waals surface area contributed by atoms with Crippen molar-refractivity contribution >= 4 is 23.6 Å². The zero-order valence-electron chi connectivity index (χ0n) is 11.9. The molecule has 0 spiro atoms. The molecule has 1 N–H and O–H groups in total. The Hall–Kier alpha value is -3.01. The number of ketones is 2. The summed E-state index contributed by atoms with van der Waals surface area (Å²) in [5.41, 5.74) is 1.00. The van der Waals surface area contributed by atoms with Crippen molar-refractivity contribution in [2.45, 2.75) is 6.92 Å². The third-order valence-electron chi connectivity index (χ3n) is 3.16. The van der Waals surface area contributed by atoms with E-state index in [9.17, 15) is 14.4 Å². The Morgan fingerprint density at radius 2 is 1.45 bits per heavy atom. The Bertz CT molecular complexity index is 758. The molecule has 0 saturated carbocycles. The van der Waals surface area contributed by atoms with Gasteiger partial charge in [-0.15, -0.1) is 0 Å². The lowest BCUT2D eigenvalue weighted by atomic mass is 9.96. The Kier molecular flexibility index (Phi) is 4.63. The van der Waals surface area contributed by atoms with Gasteiger partial charge in [-0.05, 0) is 18.6 Å². The maximum Gasteiger partial charge on any atom is 0.331 e. The summed E-state index contributed by atoms with van der Waals surface area (Å²) >= 11 is 0. The lowest BCUT2D eigenvalue weighted by Gasteiger charge is -2.05. The average molecular weight is 294 g/mol. The molecule has 0 amide bonds. The van der Waals surface area contributed by atoms with E-state index in [4.69, 9.17) is 5.11 Å². The molecule has 4 nitrogen and oxygen atoms in total. The molecule has 22 heavy (non-hydrogen) atoms. The number of rotatable bonds is 5. The first kappa shape index (κ1) is 15.4. The third kappa shape index (κ3) is 3.35. The highest BCUT2D eigenvalue weighted by atomic mass is 16.4. The van der Waals surface area contributed by atoms with E-state index in [2.05, 4.69) is 0 Å². The fourth-order valence-electron chi connectivity index (χ4n) is 1.97. The Balaban J connectivity index is 2.41. The summed E-state index contributed by atoms with van der Waals surface area (Å²) in [7, 11) is 0. The fourth-order valence-corrected chi connectivity index (χ4v) is 1.97. The molecule has 0 saturated heterocycles. The van der Waals surface area contributed by atoms with Crippen LogP contribution in [-0.4, -0.2) is 22.6 Å². The predicted octanol–water partition coefficient (Wildman–Crippen LogP) is 3.24. The molecule has 4 heteroatoms. The SMILES string of the molecule is CC(=Cc1ccccc1C(=O)C(=O)c1ccccc1)C(=O)O. The summed E-state index contributed by atoms with van der Waals surface area (Å²) in [4.78, 5) is 35.5. The van der Waals surface area contributed by atoms with Crippen LogP contribution in [0.2, 0.25) is 0 Å². The van der Waals surface area contributed by atoms with Crippen molar-refractivity contribution in [3.63, 3.8) is 0 Å². The number of carbonyl (C=O) groups is 3. The van der Waals surface area contributed by atoms with Gasteiger partial charge in [0, 0.05) is 16.7 Å². The van der Waals surface area contributed by atoms with E-state index < -0.39 is 17.5 Å². The molecule has 2 aromatic rings. The smallest absolute Gasteiger partial charge is 0.331 e. The average Bonchev–Trinajstić information content (AvgIpc) is 2.54. The number of carbonyl (C=O) groups excluding carboxylic acids is 2. The molecule has 0 heterocycles. The van der Waals surface area contributed by atoms with Crippen molar-refractivity contribution in [3.8, 4) is 0 Å². The summed E-state index contributed by atoms with van der Waals surface area (Å²) in [5.74, 6) is -2.35. The highest BCUT2D eigenvalue weighted by molar-refractivity contribution is 6.49. The Morgan fingerprint density at radius 3 is 2.09 bits per heavy atom. The van der Waals surface area contributed by atoms with Crippen LogP contribution < -0.4 is 0 Å². The van der Waals surface area contributed by atoms with Crippen LogP contribution in [-0.2, 0) is 4.79 Å². The molecule has 0 atom stereocenters. The lowest BCUT2D eigenvalue weighted by Crippen LogP contribution is -2.15. The second kappa shape index (κ2) is 6.63. The molecular weight excluding hydrogens is 280 g/mol. The van der Waals surface area contributed by atoms with E-state index in [0.717, 1.165) is 0 Å². The summed E-state index contributed by atoms with van der Waals surface area (Å²) in [5, 5.41) is 8.94. The van der Waals surface area contributed by atoms with E-state index in [0.29, 0.717) is 11.1 Å². The topological polar surface area (TPSA) is 71.4 Å². The Morgan fingerprint density at radius 1 is 0.864 bits per heavy atom. The minimum Gasteiger partial charge on any atom is -0.478 e. The maximum atomic E-state index is 12.4. The molecular formula is C18H14O4. The van der Waals surface area contributed by atoms with Gasteiger partial charge in [0.1, 0.15) is 0 Å². The van der Waals surface area contributed by atoms with Crippen LogP contribution >= 0.6 is 0 Å². The third-order valence-corrected chi connectivity index (χ3v) is 3.16. The van der Waals surface area contributed by atoms with E-state index >= 15 is 0 Å². The monoisotopic (exact) mass is 294 g/mol. The normalized spacial score (nSPS) is 11.0. The maximum absolute atomic E-state index is 12.4. The highest BCUT2D eigenvalue weighted by Crippen LogP contribution is 2.16. The molecule has 0 unspecified atom stereocenters. The number of carboxylic acid groups (broad SMARTS) is 1. The first-order chi connectivity index (χ1) is 10.5. The van der Waals surface area contributed by atoms with Crippen molar-refractivity contribution < 1.29 is 19.5 Å². The van der Waals surface area contributed by atoms with Crippen molar-refractivity contribution in [2.24, 2.45) is 0 Å². The van der Waals surface area contributed by atoms with Crippen molar-refractivity contribution in [1.82, 2.24) is 0 Å². The van der Waals surface area contributed by atoms with Crippen LogP contribution in [0.25, 0.3) is 6.08 Å². The zero-order chi connectivity index (χ0) is 16.1. The van der Waals surface area contributed by atoms with Crippen LogP contribution in [0.1, 0.15) is 33.2 Å². The second-order valence-corrected chi connectivity index (χ2v) is 4.74. The van der Waals surface area contributed by atoms with E-state index in [-0.39, 0.29) is 11.1 Å². The summed E-state index contributed by atoms with van der Waals surface area (Å²) in [6.45, 7) is 1.43. The standard InChI is InChI=1S/C18H14O4/c1-12(18(21)22)11-14-9-5-6-10-15(14)17(20)16(19)13-7-3-2-4-8-13/h2-11H,1H3,(H,21,22). The predicted molar refractivity (Wildman–Crippen MR) is 82.8 cm³/mol. The molecule has 0 aliphatic rings. The van der Waals surface area contributed by atoms with E-state index in [1.807, 2.05) is 0 Å². The molecule has 0 radical (unpaired) electrons. The van der Waals surface area contributed by atoms with Crippen LogP contribution in [0.5, 0.6) is 0 Å².